The van der Waals surface area contributed by atoms with Crippen LogP contribution in [0.4, 0.5) is 0 Å². The van der Waals surface area contributed by atoms with Crippen LogP contribution in [0.15, 0.2) is 16.6 Å². The fourth-order valence-corrected chi connectivity index (χ4v) is 3.04. The minimum atomic E-state index is 0.0352. The summed E-state index contributed by atoms with van der Waals surface area (Å²) in [4.78, 5) is 0. The minimum absolute atomic E-state index is 0.0352. The van der Waals surface area contributed by atoms with E-state index in [1.165, 1.54) is 44.1 Å². The fraction of sp³-hybridized carbons (Fsp3) is 0.647. The summed E-state index contributed by atoms with van der Waals surface area (Å²) in [5.41, 5.74) is 2.27. The number of ether oxygens (including phenoxy) is 1. The average molecular weight is 362 g/mol. The number of benzene rings is 1. The Kier molecular flexibility index (Phi) is 8.63. The number of hydrogen-bond donors (Lipinski definition) is 0. The van der Waals surface area contributed by atoms with Crippen LogP contribution in [0.1, 0.15) is 68.4 Å². The van der Waals surface area contributed by atoms with E-state index in [1.807, 2.05) is 0 Å². The molecule has 0 fully saturated rings. The van der Waals surface area contributed by atoms with Crippen LogP contribution in [-0.4, -0.2) is 7.11 Å². The SMILES string of the molecule is CCCCCCCCC(Cl)c1cc(Br)c(C)cc1OC. The van der Waals surface area contributed by atoms with Crippen LogP contribution in [-0.2, 0) is 0 Å². The van der Waals surface area contributed by atoms with Crippen LogP contribution in [0.2, 0.25) is 0 Å². The summed E-state index contributed by atoms with van der Waals surface area (Å²) in [6, 6.07) is 4.15. The summed E-state index contributed by atoms with van der Waals surface area (Å²) in [5, 5.41) is 0.0352. The molecule has 0 spiro atoms. The van der Waals surface area contributed by atoms with Gasteiger partial charge in [-0.15, -0.1) is 11.6 Å². The van der Waals surface area contributed by atoms with E-state index < -0.39 is 0 Å². The number of hydrogen-bond acceptors (Lipinski definition) is 1. The number of aryl methyl sites for hydroxylation is 1. The molecule has 114 valence electrons. The van der Waals surface area contributed by atoms with Crippen molar-refractivity contribution in [2.75, 3.05) is 7.11 Å². The van der Waals surface area contributed by atoms with Crippen LogP contribution in [0.3, 0.4) is 0 Å². The monoisotopic (exact) mass is 360 g/mol. The summed E-state index contributed by atoms with van der Waals surface area (Å²) in [6.45, 7) is 4.31. The molecule has 0 amide bonds. The lowest BCUT2D eigenvalue weighted by Gasteiger charge is -2.16. The Hall–Kier alpha value is -0.210. The first-order chi connectivity index (χ1) is 9.60. The van der Waals surface area contributed by atoms with Crippen LogP contribution >= 0.6 is 27.5 Å². The maximum Gasteiger partial charge on any atom is 0.123 e. The average Bonchev–Trinajstić information content (AvgIpc) is 2.44. The highest BCUT2D eigenvalue weighted by Crippen LogP contribution is 2.37. The summed E-state index contributed by atoms with van der Waals surface area (Å²) in [6.07, 6.45) is 8.80. The molecule has 1 aromatic rings. The van der Waals surface area contributed by atoms with Crippen molar-refractivity contribution in [3.63, 3.8) is 0 Å². The molecule has 3 heteroatoms. The van der Waals surface area contributed by atoms with Crippen molar-refractivity contribution in [1.29, 1.82) is 0 Å². The van der Waals surface area contributed by atoms with E-state index in [0.29, 0.717) is 0 Å². The van der Waals surface area contributed by atoms with Gasteiger partial charge in [0, 0.05) is 10.0 Å². The highest BCUT2D eigenvalue weighted by Gasteiger charge is 2.15. The third kappa shape index (κ3) is 5.65. The second-order valence-electron chi connectivity index (χ2n) is 5.37. The van der Waals surface area contributed by atoms with Crippen molar-refractivity contribution in [2.24, 2.45) is 0 Å². The van der Waals surface area contributed by atoms with Crippen LogP contribution in [0.5, 0.6) is 5.75 Å². The highest BCUT2D eigenvalue weighted by atomic mass is 79.9. The standard InChI is InChI=1S/C17H26BrClO/c1-4-5-6-7-8-9-10-16(19)14-12-15(18)13(2)11-17(14)20-3/h11-12,16H,4-10H2,1-3H3. The second kappa shape index (κ2) is 9.68. The van der Waals surface area contributed by atoms with Crippen molar-refractivity contribution < 1.29 is 4.74 Å². The molecule has 1 atom stereocenters. The number of halogens is 2. The maximum absolute atomic E-state index is 6.55. The molecule has 0 bridgehead atoms. The van der Waals surface area contributed by atoms with Gasteiger partial charge in [-0.25, -0.2) is 0 Å². The van der Waals surface area contributed by atoms with E-state index >= 15 is 0 Å². The topological polar surface area (TPSA) is 9.23 Å². The minimum Gasteiger partial charge on any atom is -0.496 e. The van der Waals surface area contributed by atoms with Gasteiger partial charge in [-0.3, -0.25) is 0 Å². The molecule has 0 aliphatic carbocycles. The van der Waals surface area contributed by atoms with Gasteiger partial charge in [0.1, 0.15) is 5.75 Å². The van der Waals surface area contributed by atoms with Gasteiger partial charge >= 0.3 is 0 Å². The number of rotatable bonds is 9. The zero-order chi connectivity index (χ0) is 15.0. The molecule has 20 heavy (non-hydrogen) atoms. The molecular weight excluding hydrogens is 336 g/mol. The Morgan fingerprint density at radius 3 is 2.45 bits per heavy atom. The van der Waals surface area contributed by atoms with E-state index in [2.05, 4.69) is 41.9 Å². The molecule has 0 radical (unpaired) electrons. The Balaban J connectivity index is 2.50. The molecule has 0 heterocycles. The molecule has 1 unspecified atom stereocenters. The van der Waals surface area contributed by atoms with Gasteiger partial charge in [0.2, 0.25) is 0 Å². The Morgan fingerprint density at radius 1 is 1.15 bits per heavy atom. The summed E-state index contributed by atoms with van der Waals surface area (Å²) < 4.78 is 6.56. The predicted molar refractivity (Wildman–Crippen MR) is 92.0 cm³/mol. The fourth-order valence-electron chi connectivity index (χ4n) is 2.35. The molecule has 1 nitrogen and oxygen atoms in total. The molecule has 1 rings (SSSR count). The van der Waals surface area contributed by atoms with E-state index in [0.717, 1.165) is 22.2 Å². The third-order valence-corrected chi connectivity index (χ3v) is 4.97. The smallest absolute Gasteiger partial charge is 0.123 e. The first kappa shape index (κ1) is 17.8. The van der Waals surface area contributed by atoms with Crippen LogP contribution in [0, 0.1) is 6.92 Å². The normalized spacial score (nSPS) is 12.4. The zero-order valence-corrected chi connectivity index (χ0v) is 15.2. The van der Waals surface area contributed by atoms with Crippen LogP contribution < -0.4 is 4.74 Å². The number of unbranched alkanes of at least 4 members (excludes halogenated alkanes) is 5. The predicted octanol–water partition coefficient (Wildman–Crippen LogP) is 6.80. The summed E-state index contributed by atoms with van der Waals surface area (Å²) in [5.74, 6) is 0.900. The largest absolute Gasteiger partial charge is 0.496 e. The van der Waals surface area contributed by atoms with E-state index in [-0.39, 0.29) is 5.38 Å². The number of methoxy groups -OCH3 is 1. The van der Waals surface area contributed by atoms with Gasteiger partial charge in [-0.1, -0.05) is 61.4 Å². The van der Waals surface area contributed by atoms with Crippen molar-refractivity contribution in [3.05, 3.63) is 27.7 Å². The lowest BCUT2D eigenvalue weighted by Crippen LogP contribution is -1.97. The number of alkyl halides is 1. The Labute approximate surface area is 137 Å². The Bertz CT molecular complexity index is 406. The van der Waals surface area contributed by atoms with Crippen LogP contribution in [0.25, 0.3) is 0 Å². The van der Waals surface area contributed by atoms with Crippen molar-refractivity contribution in [2.45, 2.75) is 64.2 Å². The molecule has 0 saturated heterocycles. The first-order valence-electron chi connectivity index (χ1n) is 7.58. The van der Waals surface area contributed by atoms with Crippen molar-refractivity contribution in [3.8, 4) is 5.75 Å². The van der Waals surface area contributed by atoms with E-state index in [4.69, 9.17) is 16.3 Å². The molecule has 0 aliphatic heterocycles. The summed E-state index contributed by atoms with van der Waals surface area (Å²) >= 11 is 10.1. The van der Waals surface area contributed by atoms with Gasteiger partial charge in [-0.05, 0) is 31.0 Å². The molecule has 0 aromatic heterocycles. The molecule has 0 N–H and O–H groups in total. The van der Waals surface area contributed by atoms with Crippen molar-refractivity contribution >= 4 is 27.5 Å². The van der Waals surface area contributed by atoms with Crippen molar-refractivity contribution in [1.82, 2.24) is 0 Å². The second-order valence-corrected chi connectivity index (χ2v) is 6.75. The van der Waals surface area contributed by atoms with Gasteiger partial charge in [0.05, 0.1) is 12.5 Å². The molecule has 0 saturated carbocycles. The van der Waals surface area contributed by atoms with Gasteiger partial charge < -0.3 is 4.74 Å². The molecule has 1 aromatic carbocycles. The van der Waals surface area contributed by atoms with Gasteiger partial charge in [0.15, 0.2) is 0 Å². The quantitative estimate of drug-likeness (QED) is 0.347. The summed E-state index contributed by atoms with van der Waals surface area (Å²) in [7, 11) is 1.71. The third-order valence-electron chi connectivity index (χ3n) is 3.66. The lowest BCUT2D eigenvalue weighted by atomic mass is 10.0. The maximum atomic E-state index is 6.55. The molecular formula is C17H26BrClO. The van der Waals surface area contributed by atoms with Gasteiger partial charge in [0.25, 0.3) is 0 Å². The van der Waals surface area contributed by atoms with Gasteiger partial charge in [-0.2, -0.15) is 0 Å². The zero-order valence-electron chi connectivity index (χ0n) is 12.8. The molecule has 0 aliphatic rings. The first-order valence-corrected chi connectivity index (χ1v) is 8.81. The lowest BCUT2D eigenvalue weighted by molar-refractivity contribution is 0.407. The highest BCUT2D eigenvalue weighted by molar-refractivity contribution is 9.10. The van der Waals surface area contributed by atoms with E-state index in [1.54, 1.807) is 7.11 Å². The van der Waals surface area contributed by atoms with E-state index in [9.17, 15) is 0 Å². The Morgan fingerprint density at radius 2 is 1.80 bits per heavy atom.